The number of aryl methyl sites for hydroxylation is 1. The lowest BCUT2D eigenvalue weighted by molar-refractivity contribution is -0.120. The van der Waals surface area contributed by atoms with Gasteiger partial charge in [0, 0.05) is 11.4 Å². The van der Waals surface area contributed by atoms with Gasteiger partial charge in [0.2, 0.25) is 5.91 Å². The van der Waals surface area contributed by atoms with Gasteiger partial charge in [0.25, 0.3) is 0 Å². The Morgan fingerprint density at radius 3 is 2.65 bits per heavy atom. The third-order valence-corrected chi connectivity index (χ3v) is 3.70. The summed E-state index contributed by atoms with van der Waals surface area (Å²) in [4.78, 5) is 14.3. The molecule has 0 aliphatic heterocycles. The molecular weight excluding hydrogens is 250 g/mol. The first-order valence-corrected chi connectivity index (χ1v) is 7.39. The topological polar surface area (TPSA) is 58.4 Å². The van der Waals surface area contributed by atoms with E-state index >= 15 is 0 Å². The first-order chi connectivity index (χ1) is 9.49. The molecule has 4 nitrogen and oxygen atoms in total. The van der Waals surface area contributed by atoms with Crippen LogP contribution >= 0.6 is 0 Å². The number of amides is 1. The van der Waals surface area contributed by atoms with Crippen LogP contribution < -0.4 is 11.1 Å². The lowest BCUT2D eigenvalue weighted by Crippen LogP contribution is -2.40. The third-order valence-electron chi connectivity index (χ3n) is 3.70. The van der Waals surface area contributed by atoms with Gasteiger partial charge in [-0.15, -0.1) is 0 Å². The fraction of sp³-hybridized carbons (Fsp3) is 0.562. The second-order valence-corrected chi connectivity index (χ2v) is 5.27. The summed E-state index contributed by atoms with van der Waals surface area (Å²) in [5.74, 6) is 0.00671. The van der Waals surface area contributed by atoms with Gasteiger partial charge in [-0.05, 0) is 51.1 Å². The van der Waals surface area contributed by atoms with Crippen LogP contribution in [-0.4, -0.2) is 30.4 Å². The van der Waals surface area contributed by atoms with E-state index in [1.54, 1.807) is 0 Å². The van der Waals surface area contributed by atoms with E-state index in [0.717, 1.165) is 42.7 Å². The molecule has 0 heterocycles. The van der Waals surface area contributed by atoms with E-state index in [4.69, 9.17) is 5.73 Å². The van der Waals surface area contributed by atoms with E-state index in [-0.39, 0.29) is 11.9 Å². The molecule has 1 aromatic carbocycles. The predicted octanol–water partition coefficient (Wildman–Crippen LogP) is 2.89. The summed E-state index contributed by atoms with van der Waals surface area (Å²) in [6, 6.07) is 5.56. The van der Waals surface area contributed by atoms with Gasteiger partial charge < -0.3 is 11.1 Å². The van der Waals surface area contributed by atoms with Crippen LogP contribution in [0, 0.1) is 0 Å². The standard InChI is InChI=1S/C16H27N3O/c1-5-7-10-19(4)12(3)16(20)18-14-9-8-13(6-2)15(17)11-14/h8-9,11-12H,5-7,10,17H2,1-4H3,(H,18,20). The summed E-state index contributed by atoms with van der Waals surface area (Å²) in [5, 5.41) is 2.93. The van der Waals surface area contributed by atoms with E-state index < -0.39 is 0 Å². The van der Waals surface area contributed by atoms with Crippen LogP contribution in [0.2, 0.25) is 0 Å². The molecular formula is C16H27N3O. The Bertz CT molecular complexity index is 445. The molecule has 0 saturated heterocycles. The number of unbranched alkanes of at least 4 members (excludes halogenated alkanes) is 1. The smallest absolute Gasteiger partial charge is 0.241 e. The second kappa shape index (κ2) is 7.90. The van der Waals surface area contributed by atoms with Crippen molar-refractivity contribution in [2.75, 3.05) is 24.6 Å². The number of anilines is 2. The molecule has 1 atom stereocenters. The Labute approximate surface area is 122 Å². The number of nitrogens with two attached hydrogens (primary N) is 1. The quantitative estimate of drug-likeness (QED) is 0.753. The summed E-state index contributed by atoms with van der Waals surface area (Å²) < 4.78 is 0. The van der Waals surface area contributed by atoms with E-state index in [9.17, 15) is 4.79 Å². The molecule has 0 aliphatic carbocycles. The minimum Gasteiger partial charge on any atom is -0.398 e. The molecule has 3 N–H and O–H groups in total. The van der Waals surface area contributed by atoms with Gasteiger partial charge in [0.05, 0.1) is 6.04 Å². The maximum Gasteiger partial charge on any atom is 0.241 e. The molecule has 0 saturated carbocycles. The van der Waals surface area contributed by atoms with Crippen molar-refractivity contribution < 1.29 is 4.79 Å². The second-order valence-electron chi connectivity index (χ2n) is 5.27. The molecule has 1 aromatic rings. The zero-order valence-corrected chi connectivity index (χ0v) is 13.1. The van der Waals surface area contributed by atoms with Crippen molar-refractivity contribution in [2.45, 2.75) is 46.1 Å². The van der Waals surface area contributed by atoms with Crippen molar-refractivity contribution in [3.63, 3.8) is 0 Å². The molecule has 20 heavy (non-hydrogen) atoms. The van der Waals surface area contributed by atoms with Gasteiger partial charge in [-0.2, -0.15) is 0 Å². The number of rotatable bonds is 7. The number of nitrogens with zero attached hydrogens (tertiary/aromatic N) is 1. The molecule has 1 unspecified atom stereocenters. The summed E-state index contributed by atoms with van der Waals surface area (Å²) in [5.41, 5.74) is 8.55. The maximum absolute atomic E-state index is 12.2. The lowest BCUT2D eigenvalue weighted by Gasteiger charge is -2.23. The molecule has 0 aromatic heterocycles. The fourth-order valence-electron chi connectivity index (χ4n) is 2.04. The van der Waals surface area contributed by atoms with E-state index in [2.05, 4.69) is 24.1 Å². The molecule has 0 aliphatic rings. The average molecular weight is 277 g/mol. The van der Waals surface area contributed by atoms with Gasteiger partial charge in [0.1, 0.15) is 0 Å². The first kappa shape index (κ1) is 16.5. The molecule has 0 spiro atoms. The molecule has 1 amide bonds. The zero-order chi connectivity index (χ0) is 15.1. The average Bonchev–Trinajstić information content (AvgIpc) is 2.44. The van der Waals surface area contributed by atoms with Crippen molar-refractivity contribution in [2.24, 2.45) is 0 Å². The summed E-state index contributed by atoms with van der Waals surface area (Å²) in [6.45, 7) is 7.07. The summed E-state index contributed by atoms with van der Waals surface area (Å²) in [7, 11) is 1.98. The highest BCUT2D eigenvalue weighted by atomic mass is 16.2. The number of hydrogen-bond acceptors (Lipinski definition) is 3. The highest BCUT2D eigenvalue weighted by molar-refractivity contribution is 5.95. The molecule has 0 bridgehead atoms. The maximum atomic E-state index is 12.2. The van der Waals surface area contributed by atoms with Crippen LogP contribution in [0.1, 0.15) is 39.2 Å². The van der Waals surface area contributed by atoms with Crippen LogP contribution in [0.15, 0.2) is 18.2 Å². The number of hydrogen-bond donors (Lipinski definition) is 2. The molecule has 1 rings (SSSR count). The van der Waals surface area contributed by atoms with Gasteiger partial charge in [-0.25, -0.2) is 0 Å². The van der Waals surface area contributed by atoms with Crippen molar-refractivity contribution in [3.05, 3.63) is 23.8 Å². The zero-order valence-electron chi connectivity index (χ0n) is 13.1. The largest absolute Gasteiger partial charge is 0.398 e. The van der Waals surface area contributed by atoms with Crippen molar-refractivity contribution in [1.82, 2.24) is 4.90 Å². The van der Waals surface area contributed by atoms with Crippen LogP contribution in [0.5, 0.6) is 0 Å². The lowest BCUT2D eigenvalue weighted by atomic mass is 10.1. The molecule has 4 heteroatoms. The van der Waals surface area contributed by atoms with Gasteiger partial charge in [0.15, 0.2) is 0 Å². The van der Waals surface area contributed by atoms with Gasteiger partial charge in [-0.1, -0.05) is 26.3 Å². The number of benzene rings is 1. The Balaban J connectivity index is 2.63. The fourth-order valence-corrected chi connectivity index (χ4v) is 2.04. The van der Waals surface area contributed by atoms with Crippen LogP contribution in [0.25, 0.3) is 0 Å². The molecule has 112 valence electrons. The SMILES string of the molecule is CCCCN(C)C(C)C(=O)Nc1ccc(CC)c(N)c1. The number of carbonyl (C=O) groups excluding carboxylic acids is 1. The number of carbonyl (C=O) groups is 1. The highest BCUT2D eigenvalue weighted by Crippen LogP contribution is 2.18. The Hall–Kier alpha value is -1.55. The first-order valence-electron chi connectivity index (χ1n) is 7.39. The van der Waals surface area contributed by atoms with Crippen molar-refractivity contribution in [1.29, 1.82) is 0 Å². The van der Waals surface area contributed by atoms with E-state index in [1.165, 1.54) is 0 Å². The molecule has 0 radical (unpaired) electrons. The van der Waals surface area contributed by atoms with Crippen LogP contribution in [-0.2, 0) is 11.2 Å². The Kier molecular flexibility index (Phi) is 6.52. The number of nitrogens with one attached hydrogen (secondary N) is 1. The minimum atomic E-state index is -0.145. The van der Waals surface area contributed by atoms with Gasteiger partial charge >= 0.3 is 0 Å². The highest BCUT2D eigenvalue weighted by Gasteiger charge is 2.17. The number of nitrogen functional groups attached to an aromatic ring is 1. The Morgan fingerprint density at radius 1 is 1.40 bits per heavy atom. The van der Waals surface area contributed by atoms with Crippen molar-refractivity contribution in [3.8, 4) is 0 Å². The van der Waals surface area contributed by atoms with E-state index in [0.29, 0.717) is 0 Å². The normalized spacial score (nSPS) is 12.4. The van der Waals surface area contributed by atoms with Gasteiger partial charge in [-0.3, -0.25) is 9.69 Å². The van der Waals surface area contributed by atoms with Crippen molar-refractivity contribution >= 4 is 17.3 Å². The van der Waals surface area contributed by atoms with Crippen LogP contribution in [0.4, 0.5) is 11.4 Å². The predicted molar refractivity (Wildman–Crippen MR) is 85.9 cm³/mol. The molecule has 0 fully saturated rings. The third kappa shape index (κ3) is 4.53. The monoisotopic (exact) mass is 277 g/mol. The summed E-state index contributed by atoms with van der Waals surface area (Å²) in [6.07, 6.45) is 3.14. The summed E-state index contributed by atoms with van der Waals surface area (Å²) >= 11 is 0. The van der Waals surface area contributed by atoms with Crippen LogP contribution in [0.3, 0.4) is 0 Å². The van der Waals surface area contributed by atoms with E-state index in [1.807, 2.05) is 32.2 Å². The minimum absolute atomic E-state index is 0.00671. The number of likely N-dealkylation sites (N-methyl/N-ethyl adjacent to an activating group) is 1. The Morgan fingerprint density at radius 2 is 2.10 bits per heavy atom.